The number of rotatable bonds is 5. The molecule has 0 unspecified atom stereocenters. The average Bonchev–Trinajstić information content (AvgIpc) is 2.26. The van der Waals surface area contributed by atoms with E-state index in [4.69, 9.17) is 16.7 Å². The largest absolute Gasteiger partial charge is 0.478 e. The first kappa shape index (κ1) is 12.7. The standard InChI is InChI=1S/C12H14ClNO2/c1-14-7-3-2-4-9-5-6-10(13)8-11(9)12(15)16/h2,4-6,8,14H,3,7H2,1H3,(H,15,16). The number of carboxylic acids is 1. The fourth-order valence-electron chi connectivity index (χ4n) is 1.30. The van der Waals surface area contributed by atoms with Crippen LogP contribution in [0.2, 0.25) is 5.02 Å². The van der Waals surface area contributed by atoms with Gasteiger partial charge in [0.25, 0.3) is 0 Å². The van der Waals surface area contributed by atoms with Crippen LogP contribution < -0.4 is 5.32 Å². The van der Waals surface area contributed by atoms with Crippen molar-refractivity contribution in [1.82, 2.24) is 5.32 Å². The normalized spacial score (nSPS) is 10.9. The molecule has 0 aliphatic rings. The zero-order chi connectivity index (χ0) is 12.0. The van der Waals surface area contributed by atoms with Gasteiger partial charge in [-0.1, -0.05) is 29.8 Å². The summed E-state index contributed by atoms with van der Waals surface area (Å²) in [5.74, 6) is -0.962. The molecule has 0 saturated carbocycles. The van der Waals surface area contributed by atoms with Gasteiger partial charge in [-0.15, -0.1) is 0 Å². The van der Waals surface area contributed by atoms with Crippen molar-refractivity contribution in [2.45, 2.75) is 6.42 Å². The van der Waals surface area contributed by atoms with E-state index in [2.05, 4.69) is 5.32 Å². The Hall–Kier alpha value is -1.32. The van der Waals surface area contributed by atoms with Gasteiger partial charge >= 0.3 is 5.97 Å². The molecule has 3 nitrogen and oxygen atoms in total. The molecule has 16 heavy (non-hydrogen) atoms. The molecule has 1 aromatic carbocycles. The fourth-order valence-corrected chi connectivity index (χ4v) is 1.47. The van der Waals surface area contributed by atoms with Crippen LogP contribution in [0.1, 0.15) is 22.3 Å². The summed E-state index contributed by atoms with van der Waals surface area (Å²) in [5.41, 5.74) is 0.904. The molecular formula is C12H14ClNO2. The second kappa shape index (κ2) is 6.30. The first-order chi connectivity index (χ1) is 7.65. The van der Waals surface area contributed by atoms with Gasteiger partial charge in [-0.2, -0.15) is 0 Å². The van der Waals surface area contributed by atoms with Gasteiger partial charge < -0.3 is 10.4 Å². The third kappa shape index (κ3) is 3.68. The highest BCUT2D eigenvalue weighted by molar-refractivity contribution is 6.31. The van der Waals surface area contributed by atoms with Gasteiger partial charge in [0, 0.05) is 5.02 Å². The Bertz CT molecular complexity index is 402. The molecule has 0 amide bonds. The van der Waals surface area contributed by atoms with Crippen LogP contribution in [-0.4, -0.2) is 24.7 Å². The van der Waals surface area contributed by atoms with Crippen LogP contribution >= 0.6 is 11.6 Å². The van der Waals surface area contributed by atoms with E-state index in [0.717, 1.165) is 13.0 Å². The molecule has 1 aromatic rings. The molecule has 2 N–H and O–H groups in total. The summed E-state index contributed by atoms with van der Waals surface area (Å²) in [6, 6.07) is 4.86. The van der Waals surface area contributed by atoms with Crippen molar-refractivity contribution in [3.63, 3.8) is 0 Å². The molecule has 0 fully saturated rings. The van der Waals surface area contributed by atoms with Gasteiger partial charge in [-0.05, 0) is 37.7 Å². The lowest BCUT2D eigenvalue weighted by molar-refractivity contribution is 0.0696. The monoisotopic (exact) mass is 239 g/mol. The highest BCUT2D eigenvalue weighted by atomic mass is 35.5. The molecule has 0 atom stereocenters. The lowest BCUT2D eigenvalue weighted by Gasteiger charge is -2.01. The predicted molar refractivity (Wildman–Crippen MR) is 66.0 cm³/mol. The Kier molecular flexibility index (Phi) is 5.02. The van der Waals surface area contributed by atoms with Crippen LogP contribution in [-0.2, 0) is 0 Å². The summed E-state index contributed by atoms with van der Waals surface area (Å²) in [4.78, 5) is 11.0. The smallest absolute Gasteiger partial charge is 0.336 e. The summed E-state index contributed by atoms with van der Waals surface area (Å²) in [6.45, 7) is 0.868. The highest BCUT2D eigenvalue weighted by Crippen LogP contribution is 2.17. The van der Waals surface area contributed by atoms with Gasteiger partial charge in [0.15, 0.2) is 0 Å². The van der Waals surface area contributed by atoms with Crippen molar-refractivity contribution in [1.29, 1.82) is 0 Å². The van der Waals surface area contributed by atoms with Crippen LogP contribution in [0, 0.1) is 0 Å². The Balaban J connectivity index is 2.86. The van der Waals surface area contributed by atoms with E-state index in [0.29, 0.717) is 10.6 Å². The fraction of sp³-hybridized carbons (Fsp3) is 0.250. The van der Waals surface area contributed by atoms with Gasteiger partial charge in [0.05, 0.1) is 5.56 Å². The molecule has 0 radical (unpaired) electrons. The molecule has 0 aliphatic carbocycles. The molecule has 0 saturated heterocycles. The van der Waals surface area contributed by atoms with E-state index >= 15 is 0 Å². The second-order valence-electron chi connectivity index (χ2n) is 3.33. The van der Waals surface area contributed by atoms with Crippen molar-refractivity contribution in [3.8, 4) is 0 Å². The minimum absolute atomic E-state index is 0.230. The maximum Gasteiger partial charge on any atom is 0.336 e. The molecule has 4 heteroatoms. The maximum atomic E-state index is 11.0. The predicted octanol–water partition coefficient (Wildman–Crippen LogP) is 2.66. The average molecular weight is 240 g/mol. The topological polar surface area (TPSA) is 49.3 Å². The van der Waals surface area contributed by atoms with Gasteiger partial charge in [-0.25, -0.2) is 4.79 Å². The number of halogens is 1. The number of hydrogen-bond acceptors (Lipinski definition) is 2. The molecule has 0 bridgehead atoms. The lowest BCUT2D eigenvalue weighted by Crippen LogP contribution is -2.05. The Morgan fingerprint density at radius 2 is 2.31 bits per heavy atom. The molecule has 0 heterocycles. The molecule has 0 spiro atoms. The second-order valence-corrected chi connectivity index (χ2v) is 3.77. The molecule has 1 rings (SSSR count). The molecule has 0 aromatic heterocycles. The first-order valence-electron chi connectivity index (χ1n) is 4.99. The number of benzene rings is 1. The maximum absolute atomic E-state index is 11.0. The van der Waals surface area contributed by atoms with E-state index < -0.39 is 5.97 Å². The van der Waals surface area contributed by atoms with Crippen molar-refractivity contribution in [3.05, 3.63) is 40.4 Å². The number of aromatic carboxylic acids is 1. The Morgan fingerprint density at radius 1 is 1.56 bits per heavy atom. The van der Waals surface area contributed by atoms with Gasteiger partial charge in [-0.3, -0.25) is 0 Å². The van der Waals surface area contributed by atoms with Crippen molar-refractivity contribution >= 4 is 23.6 Å². The summed E-state index contributed by atoms with van der Waals surface area (Å²) in [7, 11) is 1.87. The molecule has 86 valence electrons. The van der Waals surface area contributed by atoms with Crippen LogP contribution in [0.5, 0.6) is 0 Å². The van der Waals surface area contributed by atoms with E-state index in [1.807, 2.05) is 13.1 Å². The minimum Gasteiger partial charge on any atom is -0.478 e. The lowest BCUT2D eigenvalue weighted by atomic mass is 10.1. The van der Waals surface area contributed by atoms with Crippen molar-refractivity contribution in [2.24, 2.45) is 0 Å². The van der Waals surface area contributed by atoms with Crippen molar-refractivity contribution in [2.75, 3.05) is 13.6 Å². The SMILES string of the molecule is CNCCC=Cc1ccc(Cl)cc1C(=O)O. The van der Waals surface area contributed by atoms with Crippen LogP contribution in [0.15, 0.2) is 24.3 Å². The zero-order valence-corrected chi connectivity index (χ0v) is 9.79. The van der Waals surface area contributed by atoms with E-state index in [1.165, 1.54) is 6.07 Å². The van der Waals surface area contributed by atoms with E-state index in [1.54, 1.807) is 18.2 Å². The number of nitrogens with one attached hydrogen (secondary N) is 1. The Labute approximate surface area is 99.7 Å². The van der Waals surface area contributed by atoms with Crippen LogP contribution in [0.25, 0.3) is 6.08 Å². The Morgan fingerprint density at radius 3 is 2.94 bits per heavy atom. The molecular weight excluding hydrogens is 226 g/mol. The number of hydrogen-bond donors (Lipinski definition) is 2. The summed E-state index contributed by atoms with van der Waals surface area (Å²) in [6.07, 6.45) is 4.60. The first-order valence-corrected chi connectivity index (χ1v) is 5.37. The third-order valence-corrected chi connectivity index (χ3v) is 2.34. The molecule has 0 aliphatic heterocycles. The van der Waals surface area contributed by atoms with Gasteiger partial charge in [0.1, 0.15) is 0 Å². The summed E-state index contributed by atoms with van der Waals surface area (Å²) in [5, 5.41) is 12.4. The number of carboxylic acid groups (broad SMARTS) is 1. The van der Waals surface area contributed by atoms with E-state index in [-0.39, 0.29) is 5.56 Å². The van der Waals surface area contributed by atoms with Crippen molar-refractivity contribution < 1.29 is 9.90 Å². The van der Waals surface area contributed by atoms with Crippen LogP contribution in [0.4, 0.5) is 0 Å². The summed E-state index contributed by atoms with van der Waals surface area (Å²) < 4.78 is 0. The zero-order valence-electron chi connectivity index (χ0n) is 9.03. The minimum atomic E-state index is -0.962. The summed E-state index contributed by atoms with van der Waals surface area (Å²) >= 11 is 5.75. The van der Waals surface area contributed by atoms with Gasteiger partial charge in [0.2, 0.25) is 0 Å². The quantitative estimate of drug-likeness (QED) is 0.777. The third-order valence-electron chi connectivity index (χ3n) is 2.10. The van der Waals surface area contributed by atoms with E-state index in [9.17, 15) is 4.79 Å². The van der Waals surface area contributed by atoms with Crippen LogP contribution in [0.3, 0.4) is 0 Å². The highest BCUT2D eigenvalue weighted by Gasteiger charge is 2.07. The number of carbonyl (C=O) groups is 1.